The molecule has 0 spiro atoms. The molecule has 1 heterocycles. The molecule has 114 valence electrons. The van der Waals surface area contributed by atoms with Crippen molar-refractivity contribution < 1.29 is 14.3 Å². The number of ether oxygens (including phenoxy) is 1. The largest absolute Gasteiger partial charge is 0.462 e. The molecule has 20 heavy (non-hydrogen) atoms. The van der Waals surface area contributed by atoms with Gasteiger partial charge >= 0.3 is 5.97 Å². The monoisotopic (exact) mass is 280 g/mol. The second kappa shape index (κ2) is 8.23. The van der Waals surface area contributed by atoms with Crippen LogP contribution >= 0.6 is 0 Å². The fourth-order valence-electron chi connectivity index (χ4n) is 2.47. The number of hydrogen-bond donors (Lipinski definition) is 0. The summed E-state index contributed by atoms with van der Waals surface area (Å²) < 4.78 is 5.46. The molecule has 0 bridgehead atoms. The molecule has 1 rings (SSSR count). The van der Waals surface area contributed by atoms with Gasteiger partial charge in [0.1, 0.15) is 6.10 Å². The Morgan fingerprint density at radius 1 is 1.30 bits per heavy atom. The first-order valence-electron chi connectivity index (χ1n) is 7.82. The lowest BCUT2D eigenvalue weighted by atomic mass is 9.90. The number of Topliss-reactive ketones (excluding diaryl/α,β-unsaturated/α-hetero) is 1. The van der Waals surface area contributed by atoms with Crippen molar-refractivity contribution in [2.45, 2.75) is 72.3 Å². The van der Waals surface area contributed by atoms with Crippen molar-refractivity contribution in [3.05, 3.63) is 11.6 Å². The van der Waals surface area contributed by atoms with E-state index in [4.69, 9.17) is 4.74 Å². The molecular formula is C17H28O3. The highest BCUT2D eigenvalue weighted by Gasteiger charge is 2.28. The Morgan fingerprint density at radius 3 is 2.65 bits per heavy atom. The number of carbonyl (C=O) groups excluding carboxylic acids is 2. The summed E-state index contributed by atoms with van der Waals surface area (Å²) in [6.07, 6.45) is 6.94. The smallest absolute Gasteiger partial charge is 0.306 e. The molecule has 0 aromatic carbocycles. The number of cyclic esters (lactones) is 1. The highest BCUT2D eigenvalue weighted by molar-refractivity contribution is 5.96. The maximum atomic E-state index is 12.4. The summed E-state index contributed by atoms with van der Waals surface area (Å²) in [7, 11) is 0. The van der Waals surface area contributed by atoms with Crippen molar-refractivity contribution >= 4 is 11.8 Å². The Balaban J connectivity index is 2.65. The van der Waals surface area contributed by atoms with Gasteiger partial charge in [-0.05, 0) is 44.1 Å². The van der Waals surface area contributed by atoms with E-state index in [9.17, 15) is 9.59 Å². The standard InChI is InChI=1S/C17H28O3/c1-12(2)10-11-13(3)17(19)14(4)15-8-6-5-7-9-16(18)20-15/h11-12,14-15H,5-10H2,1-4H3/b13-11+/t14-,15-/m0/s1. The van der Waals surface area contributed by atoms with Gasteiger partial charge in [-0.3, -0.25) is 9.59 Å². The van der Waals surface area contributed by atoms with E-state index in [0.717, 1.165) is 37.7 Å². The van der Waals surface area contributed by atoms with E-state index in [1.807, 2.05) is 19.9 Å². The van der Waals surface area contributed by atoms with E-state index < -0.39 is 0 Å². The lowest BCUT2D eigenvalue weighted by molar-refractivity contribution is -0.154. The normalized spacial score (nSPS) is 22.9. The molecule has 0 aliphatic carbocycles. The number of ketones is 1. The van der Waals surface area contributed by atoms with Crippen molar-refractivity contribution in [1.82, 2.24) is 0 Å². The molecule has 0 radical (unpaired) electrons. The summed E-state index contributed by atoms with van der Waals surface area (Å²) in [5, 5.41) is 0. The second-order valence-corrected chi connectivity index (χ2v) is 6.30. The molecule has 0 aromatic heterocycles. The predicted molar refractivity (Wildman–Crippen MR) is 80.3 cm³/mol. The van der Waals surface area contributed by atoms with Gasteiger partial charge in [-0.1, -0.05) is 33.3 Å². The first-order valence-corrected chi connectivity index (χ1v) is 7.82. The molecule has 2 atom stereocenters. The van der Waals surface area contributed by atoms with Gasteiger partial charge in [0.25, 0.3) is 0 Å². The summed E-state index contributed by atoms with van der Waals surface area (Å²) >= 11 is 0. The molecule has 0 aromatic rings. The van der Waals surface area contributed by atoms with E-state index in [1.54, 1.807) is 0 Å². The van der Waals surface area contributed by atoms with E-state index >= 15 is 0 Å². The first-order chi connectivity index (χ1) is 9.41. The van der Waals surface area contributed by atoms with Gasteiger partial charge in [-0.15, -0.1) is 0 Å². The van der Waals surface area contributed by atoms with Crippen LogP contribution in [0.3, 0.4) is 0 Å². The average molecular weight is 280 g/mol. The van der Waals surface area contributed by atoms with Crippen LogP contribution in [0, 0.1) is 11.8 Å². The van der Waals surface area contributed by atoms with Crippen molar-refractivity contribution in [1.29, 1.82) is 0 Å². The zero-order valence-electron chi connectivity index (χ0n) is 13.3. The summed E-state index contributed by atoms with van der Waals surface area (Å²) in [5.74, 6) is 0.273. The Kier molecular flexibility index (Phi) is 6.97. The predicted octanol–water partition coefficient (Wildman–Crippen LogP) is 4.06. The minimum atomic E-state index is -0.252. The molecule has 3 nitrogen and oxygen atoms in total. The van der Waals surface area contributed by atoms with Crippen LogP contribution < -0.4 is 0 Å². The quantitative estimate of drug-likeness (QED) is 0.563. The van der Waals surface area contributed by atoms with Crippen LogP contribution in [0.5, 0.6) is 0 Å². The number of rotatable bonds is 5. The topological polar surface area (TPSA) is 43.4 Å². The number of esters is 1. The van der Waals surface area contributed by atoms with E-state index in [2.05, 4.69) is 13.8 Å². The third-order valence-corrected chi connectivity index (χ3v) is 3.91. The highest BCUT2D eigenvalue weighted by Crippen LogP contribution is 2.23. The minimum absolute atomic E-state index is 0.115. The maximum Gasteiger partial charge on any atom is 0.306 e. The van der Waals surface area contributed by atoms with Crippen molar-refractivity contribution in [2.24, 2.45) is 11.8 Å². The number of carbonyl (C=O) groups is 2. The van der Waals surface area contributed by atoms with Crippen LogP contribution in [-0.4, -0.2) is 17.9 Å². The van der Waals surface area contributed by atoms with Crippen LogP contribution in [0.1, 0.15) is 66.2 Å². The fraction of sp³-hybridized carbons (Fsp3) is 0.765. The molecule has 1 aliphatic heterocycles. The number of hydrogen-bond acceptors (Lipinski definition) is 3. The van der Waals surface area contributed by atoms with Crippen LogP contribution in [0.15, 0.2) is 11.6 Å². The first kappa shape index (κ1) is 16.9. The molecule has 1 saturated heterocycles. The molecular weight excluding hydrogens is 252 g/mol. The van der Waals surface area contributed by atoms with Crippen molar-refractivity contribution in [3.63, 3.8) is 0 Å². The minimum Gasteiger partial charge on any atom is -0.462 e. The molecule has 1 aliphatic rings. The fourth-order valence-corrected chi connectivity index (χ4v) is 2.47. The van der Waals surface area contributed by atoms with Gasteiger partial charge in [-0.25, -0.2) is 0 Å². The molecule has 0 N–H and O–H groups in total. The Hall–Kier alpha value is -1.12. The lowest BCUT2D eigenvalue weighted by Crippen LogP contribution is -2.32. The van der Waals surface area contributed by atoms with Gasteiger partial charge in [-0.2, -0.15) is 0 Å². The third kappa shape index (κ3) is 5.48. The third-order valence-electron chi connectivity index (χ3n) is 3.91. The molecule has 0 saturated carbocycles. The van der Waals surface area contributed by atoms with Crippen LogP contribution in [0.25, 0.3) is 0 Å². The van der Waals surface area contributed by atoms with Crippen LogP contribution in [0.4, 0.5) is 0 Å². The lowest BCUT2D eigenvalue weighted by Gasteiger charge is -2.25. The van der Waals surface area contributed by atoms with Gasteiger partial charge in [0.05, 0.1) is 5.92 Å². The van der Waals surface area contributed by atoms with Gasteiger partial charge in [0.15, 0.2) is 5.78 Å². The number of allylic oxidation sites excluding steroid dienone is 2. The molecule has 0 unspecified atom stereocenters. The Labute approximate surface area is 122 Å². The van der Waals surface area contributed by atoms with Crippen molar-refractivity contribution in [2.75, 3.05) is 0 Å². The van der Waals surface area contributed by atoms with Crippen LogP contribution in [-0.2, 0) is 14.3 Å². The summed E-state index contributed by atoms with van der Waals surface area (Å²) in [4.78, 5) is 24.0. The van der Waals surface area contributed by atoms with Gasteiger partial charge in [0, 0.05) is 6.42 Å². The summed E-state index contributed by atoms with van der Waals surface area (Å²) in [5.41, 5.74) is 0.796. The van der Waals surface area contributed by atoms with Crippen LogP contribution in [0.2, 0.25) is 0 Å². The van der Waals surface area contributed by atoms with Gasteiger partial charge in [0.2, 0.25) is 0 Å². The van der Waals surface area contributed by atoms with E-state index in [0.29, 0.717) is 12.3 Å². The molecule has 3 heteroatoms. The second-order valence-electron chi connectivity index (χ2n) is 6.30. The van der Waals surface area contributed by atoms with Crippen molar-refractivity contribution in [3.8, 4) is 0 Å². The summed E-state index contributed by atoms with van der Waals surface area (Å²) in [6, 6.07) is 0. The maximum absolute atomic E-state index is 12.4. The highest BCUT2D eigenvalue weighted by atomic mass is 16.5. The molecule has 1 fully saturated rings. The van der Waals surface area contributed by atoms with Gasteiger partial charge < -0.3 is 4.74 Å². The van der Waals surface area contributed by atoms with E-state index in [-0.39, 0.29) is 23.8 Å². The zero-order chi connectivity index (χ0) is 15.1. The van der Waals surface area contributed by atoms with E-state index in [1.165, 1.54) is 0 Å². The molecule has 0 amide bonds. The average Bonchev–Trinajstić information content (AvgIpc) is 2.38. The zero-order valence-corrected chi connectivity index (χ0v) is 13.3. The SMILES string of the molecule is C/C(=C\CC(C)C)C(=O)[C@@H](C)[C@@H]1CCCCCC(=O)O1. The Bertz CT molecular complexity index is 368. The summed E-state index contributed by atoms with van der Waals surface area (Å²) in [6.45, 7) is 8.02. The Morgan fingerprint density at radius 2 is 2.00 bits per heavy atom.